The molecule has 0 unspecified atom stereocenters. The summed E-state index contributed by atoms with van der Waals surface area (Å²) in [7, 11) is 1.56. The molecule has 0 amide bonds. The van der Waals surface area contributed by atoms with Crippen molar-refractivity contribution in [3.05, 3.63) is 52.4 Å². The van der Waals surface area contributed by atoms with Crippen LogP contribution in [0.15, 0.2) is 45.6 Å². The van der Waals surface area contributed by atoms with E-state index in [2.05, 4.69) is 0 Å². The molecule has 0 fully saturated rings. The fourth-order valence-electron chi connectivity index (χ4n) is 2.49. The van der Waals surface area contributed by atoms with E-state index in [0.29, 0.717) is 22.6 Å². The second-order valence-corrected chi connectivity index (χ2v) is 4.93. The third-order valence-electron chi connectivity index (χ3n) is 3.51. The minimum absolute atomic E-state index is 0.0502. The molecule has 1 heterocycles. The van der Waals surface area contributed by atoms with E-state index in [1.807, 2.05) is 0 Å². The number of aromatic hydroxyl groups is 2. The number of fused-ring (bicyclic) bond motifs is 1. The molecule has 2 aromatic carbocycles. The Balaban J connectivity index is 2.32. The highest BCUT2D eigenvalue weighted by molar-refractivity contribution is 5.88. The van der Waals surface area contributed by atoms with Gasteiger partial charge in [-0.15, -0.1) is 0 Å². The van der Waals surface area contributed by atoms with E-state index in [1.54, 1.807) is 38.3 Å². The van der Waals surface area contributed by atoms with Gasteiger partial charge in [0, 0.05) is 12.1 Å². The fourth-order valence-corrected chi connectivity index (χ4v) is 2.49. The summed E-state index contributed by atoms with van der Waals surface area (Å²) in [5.74, 6) is 0.621. The summed E-state index contributed by atoms with van der Waals surface area (Å²) in [6.07, 6.45) is 0. The molecule has 0 aliphatic heterocycles. The smallest absolute Gasteiger partial charge is 0.204 e. The fraction of sp³-hybridized carbons (Fsp3) is 0.118. The van der Waals surface area contributed by atoms with Gasteiger partial charge in [0.2, 0.25) is 5.43 Å². The maximum Gasteiger partial charge on any atom is 0.204 e. The lowest BCUT2D eigenvalue weighted by Gasteiger charge is -2.09. The summed E-state index contributed by atoms with van der Waals surface area (Å²) in [6.45, 7) is 1.67. The number of aryl methyl sites for hydroxylation is 1. The zero-order valence-corrected chi connectivity index (χ0v) is 12.1. The summed E-state index contributed by atoms with van der Waals surface area (Å²) in [6, 6.07) is 9.42. The van der Waals surface area contributed by atoms with Crippen LogP contribution in [0, 0.1) is 6.92 Å². The minimum Gasteiger partial charge on any atom is -0.508 e. The second-order valence-electron chi connectivity index (χ2n) is 4.93. The highest BCUT2D eigenvalue weighted by Gasteiger charge is 2.17. The number of phenols is 2. The summed E-state index contributed by atoms with van der Waals surface area (Å²) < 4.78 is 10.7. The van der Waals surface area contributed by atoms with Crippen LogP contribution in [-0.4, -0.2) is 17.3 Å². The predicted octanol–water partition coefficient (Wildman–Crippen LogP) is 3.19. The van der Waals surface area contributed by atoms with Gasteiger partial charge in [-0.05, 0) is 24.6 Å². The van der Waals surface area contributed by atoms with Crippen LogP contribution in [0.25, 0.3) is 22.1 Å². The standard InChI is InChI=1S/C17H14O5/c1-9-15(10-3-5-12(21-2)6-4-10)17(20)16-13(19)7-11(18)8-14(16)22-9/h3-8,18-19H,1-2H3. The lowest BCUT2D eigenvalue weighted by molar-refractivity contribution is 0.415. The largest absolute Gasteiger partial charge is 0.508 e. The topological polar surface area (TPSA) is 79.9 Å². The van der Waals surface area contributed by atoms with E-state index < -0.39 is 0 Å². The Labute approximate surface area is 126 Å². The molecule has 0 bridgehead atoms. The first-order chi connectivity index (χ1) is 10.5. The number of hydrogen-bond acceptors (Lipinski definition) is 5. The van der Waals surface area contributed by atoms with Crippen LogP contribution in [0.2, 0.25) is 0 Å². The summed E-state index contributed by atoms with van der Waals surface area (Å²) in [5, 5.41) is 19.5. The molecule has 1 aromatic heterocycles. The van der Waals surface area contributed by atoms with Crippen molar-refractivity contribution < 1.29 is 19.4 Å². The Hall–Kier alpha value is -2.95. The van der Waals surface area contributed by atoms with Crippen LogP contribution in [0.4, 0.5) is 0 Å². The molecular weight excluding hydrogens is 284 g/mol. The lowest BCUT2D eigenvalue weighted by atomic mass is 10.0. The number of methoxy groups -OCH3 is 1. The first-order valence-corrected chi connectivity index (χ1v) is 6.65. The number of rotatable bonds is 2. The molecule has 112 valence electrons. The molecule has 0 aliphatic carbocycles. The molecule has 0 radical (unpaired) electrons. The second kappa shape index (κ2) is 5.11. The molecule has 22 heavy (non-hydrogen) atoms. The van der Waals surface area contributed by atoms with Crippen molar-refractivity contribution in [3.8, 4) is 28.4 Å². The normalized spacial score (nSPS) is 10.8. The molecule has 5 heteroatoms. The van der Waals surface area contributed by atoms with Crippen molar-refractivity contribution in [1.82, 2.24) is 0 Å². The molecule has 3 rings (SSSR count). The van der Waals surface area contributed by atoms with Crippen molar-refractivity contribution in [2.45, 2.75) is 6.92 Å². The van der Waals surface area contributed by atoms with E-state index >= 15 is 0 Å². The zero-order valence-electron chi connectivity index (χ0n) is 12.1. The molecule has 0 atom stereocenters. The van der Waals surface area contributed by atoms with Crippen molar-refractivity contribution in [1.29, 1.82) is 0 Å². The van der Waals surface area contributed by atoms with Gasteiger partial charge in [-0.25, -0.2) is 0 Å². The first kappa shape index (κ1) is 14.0. The SMILES string of the molecule is COc1ccc(-c2c(C)oc3cc(O)cc(O)c3c2=O)cc1. The first-order valence-electron chi connectivity index (χ1n) is 6.65. The van der Waals surface area contributed by atoms with E-state index in [-0.39, 0.29) is 27.9 Å². The maximum absolute atomic E-state index is 12.7. The summed E-state index contributed by atoms with van der Waals surface area (Å²) in [5.41, 5.74) is 0.844. The van der Waals surface area contributed by atoms with Crippen molar-refractivity contribution in [3.63, 3.8) is 0 Å². The third-order valence-corrected chi connectivity index (χ3v) is 3.51. The molecule has 0 aliphatic rings. The molecule has 2 N–H and O–H groups in total. The monoisotopic (exact) mass is 298 g/mol. The number of phenolic OH excluding ortho intramolecular Hbond substituents is 2. The Morgan fingerprint density at radius 3 is 2.41 bits per heavy atom. The molecule has 0 saturated heterocycles. The van der Waals surface area contributed by atoms with Crippen LogP contribution in [-0.2, 0) is 0 Å². The van der Waals surface area contributed by atoms with Crippen LogP contribution in [0.5, 0.6) is 17.2 Å². The average Bonchev–Trinajstić information content (AvgIpc) is 2.46. The Morgan fingerprint density at radius 1 is 1.09 bits per heavy atom. The van der Waals surface area contributed by atoms with Crippen LogP contribution < -0.4 is 10.2 Å². The quantitative estimate of drug-likeness (QED) is 0.759. The van der Waals surface area contributed by atoms with Gasteiger partial charge >= 0.3 is 0 Å². The van der Waals surface area contributed by atoms with E-state index in [4.69, 9.17) is 9.15 Å². The van der Waals surface area contributed by atoms with Gasteiger partial charge in [0.1, 0.15) is 34.0 Å². The van der Waals surface area contributed by atoms with E-state index in [9.17, 15) is 15.0 Å². The Kier molecular flexibility index (Phi) is 3.25. The maximum atomic E-state index is 12.7. The number of ether oxygens (including phenoxy) is 1. The molecule has 3 aromatic rings. The highest BCUT2D eigenvalue weighted by Crippen LogP contribution is 2.31. The van der Waals surface area contributed by atoms with Gasteiger partial charge in [0.25, 0.3) is 0 Å². The van der Waals surface area contributed by atoms with E-state index in [1.165, 1.54) is 6.07 Å². The third kappa shape index (κ3) is 2.16. The Bertz CT molecular complexity index is 907. The predicted molar refractivity (Wildman–Crippen MR) is 82.5 cm³/mol. The van der Waals surface area contributed by atoms with Gasteiger partial charge in [-0.2, -0.15) is 0 Å². The van der Waals surface area contributed by atoms with Gasteiger partial charge in [0.05, 0.1) is 12.7 Å². The van der Waals surface area contributed by atoms with Gasteiger partial charge in [0.15, 0.2) is 0 Å². The molecule has 0 saturated carbocycles. The zero-order chi connectivity index (χ0) is 15.9. The van der Waals surface area contributed by atoms with Crippen LogP contribution >= 0.6 is 0 Å². The molecule has 0 spiro atoms. The van der Waals surface area contributed by atoms with Gasteiger partial charge in [-0.1, -0.05) is 12.1 Å². The summed E-state index contributed by atoms with van der Waals surface area (Å²) >= 11 is 0. The van der Waals surface area contributed by atoms with Crippen molar-refractivity contribution in [2.75, 3.05) is 7.11 Å². The lowest BCUT2D eigenvalue weighted by Crippen LogP contribution is -2.07. The van der Waals surface area contributed by atoms with Gasteiger partial charge in [-0.3, -0.25) is 4.79 Å². The molecular formula is C17H14O5. The highest BCUT2D eigenvalue weighted by atomic mass is 16.5. The van der Waals surface area contributed by atoms with Crippen molar-refractivity contribution in [2.24, 2.45) is 0 Å². The average molecular weight is 298 g/mol. The van der Waals surface area contributed by atoms with Gasteiger partial charge < -0.3 is 19.4 Å². The Morgan fingerprint density at radius 2 is 1.77 bits per heavy atom. The van der Waals surface area contributed by atoms with Crippen LogP contribution in [0.3, 0.4) is 0 Å². The van der Waals surface area contributed by atoms with Crippen molar-refractivity contribution >= 4 is 11.0 Å². The summed E-state index contributed by atoms with van der Waals surface area (Å²) in [4.78, 5) is 12.7. The number of benzene rings is 2. The number of hydrogen-bond donors (Lipinski definition) is 2. The molecule has 5 nitrogen and oxygen atoms in total. The van der Waals surface area contributed by atoms with E-state index in [0.717, 1.165) is 6.07 Å². The van der Waals surface area contributed by atoms with Crippen LogP contribution in [0.1, 0.15) is 5.76 Å². The minimum atomic E-state index is -0.346.